The lowest BCUT2D eigenvalue weighted by molar-refractivity contribution is -0.885. The summed E-state index contributed by atoms with van der Waals surface area (Å²) in [5.74, 6) is 0.624. The molecule has 0 aliphatic carbocycles. The summed E-state index contributed by atoms with van der Waals surface area (Å²) in [5.41, 5.74) is 1.16. The third-order valence-electron chi connectivity index (χ3n) is 3.61. The summed E-state index contributed by atoms with van der Waals surface area (Å²) in [5, 5.41) is 2.85. The average molecular weight is 352 g/mol. The maximum atomic E-state index is 13.7. The molecule has 0 saturated heterocycles. The summed E-state index contributed by atoms with van der Waals surface area (Å²) in [4.78, 5) is 13.0. The smallest absolute Gasteiger partial charge is 0.279 e. The standard InChI is InChI=1S/C17H16ClFN2O3/c1-21(8-11-2-5-15-16(6-11)24-10-23-15)9-17(22)20-14-4-3-12(18)7-13(14)19/h2-7H,8-10H2,1H3,(H,20,22)/p+1. The largest absolute Gasteiger partial charge is 0.454 e. The molecule has 126 valence electrons. The average Bonchev–Trinajstić information content (AvgIpc) is 2.97. The highest BCUT2D eigenvalue weighted by molar-refractivity contribution is 6.30. The SMILES string of the molecule is C[NH+](CC(=O)Nc1ccc(Cl)cc1F)Cc1ccc2c(c1)OCO2. The molecule has 24 heavy (non-hydrogen) atoms. The van der Waals surface area contributed by atoms with E-state index in [1.165, 1.54) is 18.2 Å². The van der Waals surface area contributed by atoms with Gasteiger partial charge >= 0.3 is 0 Å². The number of likely N-dealkylation sites (N-methyl/N-ethyl adjacent to an activating group) is 1. The Bertz CT molecular complexity index is 769. The Morgan fingerprint density at radius 1 is 1.25 bits per heavy atom. The van der Waals surface area contributed by atoms with Crippen molar-refractivity contribution in [2.45, 2.75) is 6.54 Å². The molecule has 1 amide bonds. The van der Waals surface area contributed by atoms with Gasteiger partial charge in [0, 0.05) is 10.6 Å². The monoisotopic (exact) mass is 351 g/mol. The Morgan fingerprint density at radius 2 is 2.04 bits per heavy atom. The van der Waals surface area contributed by atoms with Crippen LogP contribution in [0.4, 0.5) is 10.1 Å². The molecule has 1 aliphatic heterocycles. The van der Waals surface area contributed by atoms with Gasteiger partial charge in [0.05, 0.1) is 12.7 Å². The quantitative estimate of drug-likeness (QED) is 0.864. The van der Waals surface area contributed by atoms with Gasteiger partial charge in [0.15, 0.2) is 18.0 Å². The van der Waals surface area contributed by atoms with Crippen LogP contribution in [0.25, 0.3) is 0 Å². The zero-order valence-electron chi connectivity index (χ0n) is 13.1. The minimum atomic E-state index is -0.552. The first kappa shape index (κ1) is 16.5. The molecule has 2 aromatic carbocycles. The highest BCUT2D eigenvalue weighted by Crippen LogP contribution is 2.32. The fraction of sp³-hybridized carbons (Fsp3) is 0.235. The highest BCUT2D eigenvalue weighted by Gasteiger charge is 2.16. The van der Waals surface area contributed by atoms with Gasteiger partial charge in [0.25, 0.3) is 5.91 Å². The van der Waals surface area contributed by atoms with Crippen LogP contribution in [0.3, 0.4) is 0 Å². The maximum Gasteiger partial charge on any atom is 0.279 e. The van der Waals surface area contributed by atoms with E-state index in [-0.39, 0.29) is 30.0 Å². The number of fused-ring (bicyclic) bond motifs is 1. The van der Waals surface area contributed by atoms with Crippen LogP contribution < -0.4 is 19.7 Å². The van der Waals surface area contributed by atoms with Gasteiger partial charge in [-0.25, -0.2) is 4.39 Å². The summed E-state index contributed by atoms with van der Waals surface area (Å²) in [6.45, 7) is 1.07. The van der Waals surface area contributed by atoms with Crippen molar-refractivity contribution in [1.82, 2.24) is 0 Å². The fourth-order valence-corrected chi connectivity index (χ4v) is 2.68. The number of carbonyl (C=O) groups is 1. The minimum Gasteiger partial charge on any atom is -0.454 e. The molecular weight excluding hydrogens is 335 g/mol. The molecule has 0 spiro atoms. The molecule has 1 heterocycles. The maximum absolute atomic E-state index is 13.7. The lowest BCUT2D eigenvalue weighted by Gasteiger charge is -2.14. The van der Waals surface area contributed by atoms with Crippen molar-refractivity contribution in [2.24, 2.45) is 0 Å². The van der Waals surface area contributed by atoms with E-state index in [4.69, 9.17) is 21.1 Å². The van der Waals surface area contributed by atoms with Crippen LogP contribution in [0.2, 0.25) is 5.02 Å². The number of carbonyl (C=O) groups excluding carboxylic acids is 1. The number of halogens is 2. The Hall–Kier alpha value is -2.31. The molecule has 1 unspecified atom stereocenters. The topological polar surface area (TPSA) is 52.0 Å². The minimum absolute atomic E-state index is 0.125. The molecule has 0 aromatic heterocycles. The second-order valence-electron chi connectivity index (χ2n) is 5.67. The van der Waals surface area contributed by atoms with E-state index in [0.29, 0.717) is 12.3 Å². The van der Waals surface area contributed by atoms with Crippen LogP contribution in [0.1, 0.15) is 5.56 Å². The lowest BCUT2D eigenvalue weighted by Crippen LogP contribution is -3.08. The van der Waals surface area contributed by atoms with E-state index in [0.717, 1.165) is 16.2 Å². The number of hydrogen-bond acceptors (Lipinski definition) is 3. The van der Waals surface area contributed by atoms with E-state index in [1.54, 1.807) is 0 Å². The number of nitrogens with one attached hydrogen (secondary N) is 2. The zero-order valence-corrected chi connectivity index (χ0v) is 13.8. The first-order valence-corrected chi connectivity index (χ1v) is 7.84. The first-order chi connectivity index (χ1) is 11.5. The highest BCUT2D eigenvalue weighted by atomic mass is 35.5. The molecule has 5 nitrogen and oxygen atoms in total. The van der Waals surface area contributed by atoms with Crippen molar-refractivity contribution in [3.8, 4) is 11.5 Å². The number of ether oxygens (including phenoxy) is 2. The normalized spacial score (nSPS) is 13.6. The third-order valence-corrected chi connectivity index (χ3v) is 3.85. The van der Waals surface area contributed by atoms with Gasteiger partial charge in [0.2, 0.25) is 6.79 Å². The number of hydrogen-bond donors (Lipinski definition) is 2. The zero-order chi connectivity index (χ0) is 17.1. The molecule has 7 heteroatoms. The number of quaternary nitrogens is 1. The number of benzene rings is 2. The summed E-state index contributed by atoms with van der Waals surface area (Å²) in [6, 6.07) is 9.84. The lowest BCUT2D eigenvalue weighted by atomic mass is 10.2. The van der Waals surface area contributed by atoms with Crippen LogP contribution in [-0.2, 0) is 11.3 Å². The predicted molar refractivity (Wildman–Crippen MR) is 88.1 cm³/mol. The first-order valence-electron chi connectivity index (χ1n) is 7.46. The summed E-state index contributed by atoms with van der Waals surface area (Å²) < 4.78 is 24.3. The molecule has 0 fully saturated rings. The Kier molecular flexibility index (Phi) is 4.87. The van der Waals surface area contributed by atoms with Crippen LogP contribution in [0.5, 0.6) is 11.5 Å². The van der Waals surface area contributed by atoms with Crippen molar-refractivity contribution in [3.63, 3.8) is 0 Å². The molecule has 3 rings (SSSR count). The van der Waals surface area contributed by atoms with Crippen LogP contribution in [-0.4, -0.2) is 26.3 Å². The number of rotatable bonds is 5. The van der Waals surface area contributed by atoms with E-state index in [2.05, 4.69) is 5.32 Å². The van der Waals surface area contributed by atoms with Gasteiger partial charge in [-0.05, 0) is 36.4 Å². The van der Waals surface area contributed by atoms with E-state index < -0.39 is 5.82 Å². The van der Waals surface area contributed by atoms with Crippen LogP contribution >= 0.6 is 11.6 Å². The van der Waals surface area contributed by atoms with Gasteiger partial charge < -0.3 is 19.7 Å². The molecule has 1 aliphatic rings. The van der Waals surface area contributed by atoms with Crippen molar-refractivity contribution in [3.05, 3.63) is 52.8 Å². The Balaban J connectivity index is 1.56. The molecule has 2 aromatic rings. The van der Waals surface area contributed by atoms with Crippen LogP contribution in [0, 0.1) is 5.82 Å². The van der Waals surface area contributed by atoms with Gasteiger partial charge in [-0.15, -0.1) is 0 Å². The molecule has 2 N–H and O–H groups in total. The Morgan fingerprint density at radius 3 is 2.83 bits per heavy atom. The van der Waals surface area contributed by atoms with Gasteiger partial charge in [0.1, 0.15) is 12.4 Å². The third kappa shape index (κ3) is 3.96. The summed E-state index contributed by atoms with van der Waals surface area (Å²) >= 11 is 5.69. The molecule has 1 atom stereocenters. The molecule has 0 saturated carbocycles. The summed E-state index contributed by atoms with van der Waals surface area (Å²) in [6.07, 6.45) is 0. The predicted octanol–water partition coefficient (Wildman–Crippen LogP) is 1.86. The summed E-state index contributed by atoms with van der Waals surface area (Å²) in [7, 11) is 1.89. The van der Waals surface area contributed by atoms with Crippen LogP contribution in [0.15, 0.2) is 36.4 Å². The van der Waals surface area contributed by atoms with Gasteiger partial charge in [-0.2, -0.15) is 0 Å². The van der Waals surface area contributed by atoms with Gasteiger partial charge in [-0.1, -0.05) is 11.6 Å². The van der Waals surface area contributed by atoms with E-state index in [1.807, 2.05) is 25.2 Å². The molecular formula is C17H17ClFN2O3+. The van der Waals surface area contributed by atoms with Crippen molar-refractivity contribution < 1.29 is 23.6 Å². The molecule has 0 bridgehead atoms. The van der Waals surface area contributed by atoms with E-state index >= 15 is 0 Å². The second-order valence-corrected chi connectivity index (χ2v) is 6.11. The van der Waals surface area contributed by atoms with Crippen molar-refractivity contribution in [2.75, 3.05) is 25.7 Å². The van der Waals surface area contributed by atoms with Crippen molar-refractivity contribution in [1.29, 1.82) is 0 Å². The van der Waals surface area contributed by atoms with Crippen molar-refractivity contribution >= 4 is 23.2 Å². The molecule has 0 radical (unpaired) electrons. The number of amides is 1. The van der Waals surface area contributed by atoms with E-state index in [9.17, 15) is 9.18 Å². The fourth-order valence-electron chi connectivity index (χ4n) is 2.52. The van der Waals surface area contributed by atoms with Gasteiger partial charge in [-0.3, -0.25) is 4.79 Å². The second kappa shape index (κ2) is 7.07. The number of anilines is 1. The Labute approximate surface area is 143 Å².